The highest BCUT2D eigenvalue weighted by Gasteiger charge is 2.72. The van der Waals surface area contributed by atoms with Crippen LogP contribution in [0.2, 0.25) is 0 Å². The minimum atomic E-state index is -0.0583. The molecule has 4 saturated carbocycles. The summed E-state index contributed by atoms with van der Waals surface area (Å²) in [6, 6.07) is 0. The zero-order chi connectivity index (χ0) is 25.9. The minimum Gasteiger partial charge on any atom is -0.396 e. The Balaban J connectivity index is 1.44. The number of carbonyl (C=O) groups excluding carboxylic acids is 1. The SMILES string of the molecule is CC1(C)CC[C@]2(CCO)CC[C@]3(C)C(C(=O)CC4[C@@]5(C)Cc6cnoc6C(C)(C)C5CC[C@]43C)C2C1. The number of hydrogen-bond donors (Lipinski definition) is 1. The molecule has 4 heteroatoms. The smallest absolute Gasteiger partial charge is 0.145 e. The van der Waals surface area contributed by atoms with E-state index >= 15 is 0 Å². The largest absolute Gasteiger partial charge is 0.396 e. The number of aromatic nitrogens is 1. The molecule has 36 heavy (non-hydrogen) atoms. The number of Topliss-reactive ketones (excluding diaryl/α,β-unsaturated/α-hetero) is 1. The van der Waals surface area contributed by atoms with Crippen molar-refractivity contribution in [1.82, 2.24) is 5.16 Å². The van der Waals surface area contributed by atoms with Gasteiger partial charge in [0.15, 0.2) is 0 Å². The highest BCUT2D eigenvalue weighted by Crippen LogP contribution is 2.76. The molecule has 1 aromatic rings. The zero-order valence-corrected chi connectivity index (χ0v) is 23.9. The lowest BCUT2D eigenvalue weighted by Gasteiger charge is -2.72. The molecule has 0 aromatic carbocycles. The fourth-order valence-corrected chi connectivity index (χ4v) is 11.8. The molecule has 200 valence electrons. The highest BCUT2D eigenvalue weighted by molar-refractivity contribution is 5.84. The standard InChI is InChI=1S/C32H49NO3/c1-27(2)10-12-32(14-15-34)13-11-31(7)25(21(32)18-27)22(35)16-24-29(5)17-20-19-33-36-26(20)28(3,4)23(29)8-9-30(24,31)6/h19,21,23-25,34H,8-18H2,1-7H3/t21?,23?,24?,25?,29-,30+,31+,32+/m0/s1. The van der Waals surface area contributed by atoms with E-state index in [1.54, 1.807) is 0 Å². The van der Waals surface area contributed by atoms with E-state index < -0.39 is 0 Å². The van der Waals surface area contributed by atoms with Gasteiger partial charge in [0.25, 0.3) is 0 Å². The first-order valence-electron chi connectivity index (χ1n) is 14.8. The van der Waals surface area contributed by atoms with E-state index in [0.717, 1.165) is 37.9 Å². The maximum atomic E-state index is 14.5. The first-order valence-corrected chi connectivity index (χ1v) is 14.8. The highest BCUT2D eigenvalue weighted by atomic mass is 16.5. The van der Waals surface area contributed by atoms with Crippen LogP contribution in [-0.2, 0) is 16.6 Å². The Morgan fingerprint density at radius 2 is 1.69 bits per heavy atom. The molecule has 0 saturated heterocycles. The summed E-state index contributed by atoms with van der Waals surface area (Å²) in [5.74, 6) is 3.07. The number of aliphatic hydroxyl groups is 1. The summed E-state index contributed by atoms with van der Waals surface area (Å²) in [4.78, 5) is 14.5. The van der Waals surface area contributed by atoms with E-state index in [9.17, 15) is 9.90 Å². The molecule has 1 heterocycles. The predicted molar refractivity (Wildman–Crippen MR) is 141 cm³/mol. The number of fused-ring (bicyclic) bond motifs is 8. The fourth-order valence-electron chi connectivity index (χ4n) is 11.8. The number of hydrogen-bond acceptors (Lipinski definition) is 4. The lowest BCUT2D eigenvalue weighted by atomic mass is 9.31. The molecule has 5 aliphatic carbocycles. The second kappa shape index (κ2) is 7.48. The van der Waals surface area contributed by atoms with Crippen LogP contribution < -0.4 is 0 Å². The van der Waals surface area contributed by atoms with Crippen LogP contribution >= 0.6 is 0 Å². The molecule has 0 amide bonds. The van der Waals surface area contributed by atoms with Crippen molar-refractivity contribution in [1.29, 1.82) is 0 Å². The molecular weight excluding hydrogens is 446 g/mol. The van der Waals surface area contributed by atoms with Crippen LogP contribution in [0.25, 0.3) is 0 Å². The van der Waals surface area contributed by atoms with Gasteiger partial charge in [0.1, 0.15) is 11.5 Å². The Kier molecular flexibility index (Phi) is 5.22. The van der Waals surface area contributed by atoms with Crippen LogP contribution in [0, 0.1) is 50.7 Å². The zero-order valence-electron chi connectivity index (χ0n) is 23.9. The molecule has 0 spiro atoms. The number of nitrogens with zero attached hydrogens (tertiary/aromatic N) is 1. The summed E-state index contributed by atoms with van der Waals surface area (Å²) in [6.07, 6.45) is 12.8. The quantitative estimate of drug-likeness (QED) is 0.474. The predicted octanol–water partition coefficient (Wildman–Crippen LogP) is 7.13. The van der Waals surface area contributed by atoms with Crippen molar-refractivity contribution in [2.24, 2.45) is 50.7 Å². The van der Waals surface area contributed by atoms with E-state index in [-0.39, 0.29) is 45.0 Å². The summed E-state index contributed by atoms with van der Waals surface area (Å²) < 4.78 is 5.83. The molecule has 8 atom stereocenters. The van der Waals surface area contributed by atoms with Gasteiger partial charge >= 0.3 is 0 Å². The molecular formula is C32H49NO3. The summed E-state index contributed by atoms with van der Waals surface area (Å²) >= 11 is 0. The molecule has 1 N–H and O–H groups in total. The monoisotopic (exact) mass is 495 g/mol. The van der Waals surface area contributed by atoms with Gasteiger partial charge in [-0.3, -0.25) is 4.79 Å². The van der Waals surface area contributed by atoms with E-state index in [2.05, 4.69) is 53.6 Å². The van der Waals surface area contributed by atoms with Crippen molar-refractivity contribution in [3.63, 3.8) is 0 Å². The summed E-state index contributed by atoms with van der Waals surface area (Å²) in [7, 11) is 0. The van der Waals surface area contributed by atoms with Crippen molar-refractivity contribution in [3.05, 3.63) is 17.5 Å². The van der Waals surface area contributed by atoms with Crippen LogP contribution in [0.3, 0.4) is 0 Å². The average molecular weight is 496 g/mol. The first-order chi connectivity index (χ1) is 16.7. The minimum absolute atomic E-state index is 0.0249. The van der Waals surface area contributed by atoms with E-state index in [0.29, 0.717) is 23.5 Å². The Morgan fingerprint density at radius 1 is 0.972 bits per heavy atom. The second-order valence-corrected chi connectivity index (χ2v) is 16.0. The van der Waals surface area contributed by atoms with Gasteiger partial charge < -0.3 is 9.63 Å². The number of aliphatic hydroxyl groups excluding tert-OH is 1. The number of carbonyl (C=O) groups is 1. The third-order valence-electron chi connectivity index (χ3n) is 13.7. The third-order valence-corrected chi connectivity index (χ3v) is 13.7. The van der Waals surface area contributed by atoms with E-state index in [1.165, 1.54) is 37.7 Å². The van der Waals surface area contributed by atoms with Gasteiger partial charge in [0.05, 0.1) is 6.20 Å². The van der Waals surface area contributed by atoms with Gasteiger partial charge in [-0.05, 0) is 103 Å². The van der Waals surface area contributed by atoms with Gasteiger partial charge in [0, 0.05) is 29.9 Å². The van der Waals surface area contributed by atoms with Crippen molar-refractivity contribution >= 4 is 5.78 Å². The Morgan fingerprint density at radius 3 is 2.42 bits per heavy atom. The van der Waals surface area contributed by atoms with Gasteiger partial charge in [0.2, 0.25) is 0 Å². The van der Waals surface area contributed by atoms with Gasteiger partial charge in [-0.2, -0.15) is 0 Å². The van der Waals surface area contributed by atoms with Crippen molar-refractivity contribution < 1.29 is 14.4 Å². The molecule has 6 rings (SSSR count). The molecule has 0 bridgehead atoms. The number of rotatable bonds is 2. The Bertz CT molecular complexity index is 1070. The third kappa shape index (κ3) is 2.97. The lowest BCUT2D eigenvalue weighted by molar-refractivity contribution is -0.230. The van der Waals surface area contributed by atoms with Gasteiger partial charge in [-0.25, -0.2) is 0 Å². The number of ketones is 1. The average Bonchev–Trinajstić information content (AvgIpc) is 3.25. The molecule has 1 aromatic heterocycles. The summed E-state index contributed by atoms with van der Waals surface area (Å²) in [5, 5.41) is 14.3. The van der Waals surface area contributed by atoms with Crippen LogP contribution in [0.4, 0.5) is 0 Å². The van der Waals surface area contributed by atoms with Crippen molar-refractivity contribution in [2.45, 2.75) is 118 Å². The van der Waals surface area contributed by atoms with Gasteiger partial charge in [-0.15, -0.1) is 0 Å². The second-order valence-electron chi connectivity index (χ2n) is 16.0. The van der Waals surface area contributed by atoms with Crippen LogP contribution in [0.1, 0.15) is 118 Å². The molecule has 4 unspecified atom stereocenters. The Labute approximate surface area is 218 Å². The first kappa shape index (κ1) is 25.1. The van der Waals surface area contributed by atoms with E-state index in [1.807, 2.05) is 6.20 Å². The maximum absolute atomic E-state index is 14.5. The van der Waals surface area contributed by atoms with Crippen LogP contribution in [0.5, 0.6) is 0 Å². The summed E-state index contributed by atoms with van der Waals surface area (Å²) in [6.45, 7) is 17.4. The van der Waals surface area contributed by atoms with Gasteiger partial charge in [-0.1, -0.05) is 53.6 Å². The maximum Gasteiger partial charge on any atom is 0.145 e. The van der Waals surface area contributed by atoms with E-state index in [4.69, 9.17) is 4.52 Å². The molecule has 0 aliphatic heterocycles. The van der Waals surface area contributed by atoms with Crippen molar-refractivity contribution in [3.8, 4) is 0 Å². The lowest BCUT2D eigenvalue weighted by Crippen LogP contribution is -2.69. The molecule has 4 fully saturated rings. The van der Waals surface area contributed by atoms with Crippen LogP contribution in [-0.4, -0.2) is 22.7 Å². The van der Waals surface area contributed by atoms with Crippen LogP contribution in [0.15, 0.2) is 10.7 Å². The topological polar surface area (TPSA) is 63.3 Å². The van der Waals surface area contributed by atoms with Crippen molar-refractivity contribution in [2.75, 3.05) is 6.61 Å². The normalized spacial score (nSPS) is 48.7. The fraction of sp³-hybridized carbons (Fsp3) is 0.875. The molecule has 5 aliphatic rings. The molecule has 4 nitrogen and oxygen atoms in total. The molecule has 0 radical (unpaired) electrons. The summed E-state index contributed by atoms with van der Waals surface area (Å²) in [5.41, 5.74) is 1.88. The Hall–Kier alpha value is -1.16.